The van der Waals surface area contributed by atoms with Gasteiger partial charge in [0.25, 0.3) is 0 Å². The van der Waals surface area contributed by atoms with Gasteiger partial charge in [0.15, 0.2) is 5.65 Å². The molecule has 1 amide bonds. The van der Waals surface area contributed by atoms with Gasteiger partial charge in [-0.15, -0.1) is 0 Å². The van der Waals surface area contributed by atoms with Gasteiger partial charge in [0, 0.05) is 37.3 Å². The van der Waals surface area contributed by atoms with Gasteiger partial charge in [-0.05, 0) is 29.6 Å². The van der Waals surface area contributed by atoms with Gasteiger partial charge in [0.1, 0.15) is 19.4 Å². The maximum atomic E-state index is 12.1. The number of phenolic OH excluding ortho intramolecular Hbond substituents is 1. The zero-order valence-electron chi connectivity index (χ0n) is 17.0. The highest BCUT2D eigenvalue weighted by atomic mass is 16.3. The maximum absolute atomic E-state index is 12.1. The highest BCUT2D eigenvalue weighted by molar-refractivity contribution is 6.36. The first-order valence-electron chi connectivity index (χ1n) is 10.1. The molecule has 2 aromatic carbocycles. The van der Waals surface area contributed by atoms with E-state index in [4.69, 9.17) is 7.85 Å². The van der Waals surface area contributed by atoms with E-state index < -0.39 is 0 Å². The number of carbonyl (C=O) groups is 1. The smallest absolute Gasteiger partial charge is 0.220 e. The standard InChI is InChI=1S/C23H22BN5O2/c24-18-15-27-29-21(14-19(28-23(18)29)17-8-4-5-9-20(17)30)25-12-13-26-22(31)11-10-16-6-2-1-3-7-16/h1-9,14-15,25,30H,10-13H2,(H,26,31). The third-order valence-corrected chi connectivity index (χ3v) is 4.92. The van der Waals surface area contributed by atoms with Crippen molar-refractivity contribution in [1.29, 1.82) is 0 Å². The topological polar surface area (TPSA) is 91.5 Å². The number of nitrogens with one attached hydrogen (secondary N) is 2. The Morgan fingerprint density at radius 2 is 1.84 bits per heavy atom. The lowest BCUT2D eigenvalue weighted by Crippen LogP contribution is -2.29. The van der Waals surface area contributed by atoms with Crippen LogP contribution in [0.4, 0.5) is 5.82 Å². The number of aromatic hydroxyl groups is 1. The highest BCUT2D eigenvalue weighted by Crippen LogP contribution is 2.29. The van der Waals surface area contributed by atoms with Crippen LogP contribution in [0.1, 0.15) is 12.0 Å². The highest BCUT2D eigenvalue weighted by Gasteiger charge is 2.12. The Hall–Kier alpha value is -3.81. The van der Waals surface area contributed by atoms with Gasteiger partial charge < -0.3 is 15.7 Å². The summed E-state index contributed by atoms with van der Waals surface area (Å²) in [6.07, 6.45) is 2.69. The van der Waals surface area contributed by atoms with Crippen molar-refractivity contribution in [3.63, 3.8) is 0 Å². The van der Waals surface area contributed by atoms with Crippen molar-refractivity contribution < 1.29 is 9.90 Å². The van der Waals surface area contributed by atoms with E-state index in [1.165, 1.54) is 6.20 Å². The molecule has 8 heteroatoms. The summed E-state index contributed by atoms with van der Waals surface area (Å²) in [6.45, 7) is 0.955. The van der Waals surface area contributed by atoms with Crippen molar-refractivity contribution in [2.75, 3.05) is 18.4 Å². The van der Waals surface area contributed by atoms with E-state index in [0.29, 0.717) is 54.1 Å². The number of hydrogen-bond donors (Lipinski definition) is 3. The Labute approximate surface area is 181 Å². The van der Waals surface area contributed by atoms with Crippen molar-refractivity contribution in [1.82, 2.24) is 19.9 Å². The summed E-state index contributed by atoms with van der Waals surface area (Å²) in [4.78, 5) is 16.7. The van der Waals surface area contributed by atoms with Crippen LogP contribution >= 0.6 is 0 Å². The molecule has 0 aliphatic carbocycles. The van der Waals surface area contributed by atoms with E-state index in [-0.39, 0.29) is 11.7 Å². The fraction of sp³-hybridized carbons (Fsp3) is 0.174. The molecule has 4 aromatic rings. The molecule has 31 heavy (non-hydrogen) atoms. The second kappa shape index (κ2) is 9.34. The summed E-state index contributed by atoms with van der Waals surface area (Å²) in [5, 5.41) is 20.7. The molecule has 154 valence electrons. The molecule has 2 aromatic heterocycles. The molecule has 0 fully saturated rings. The van der Waals surface area contributed by atoms with Crippen LogP contribution in [0, 0.1) is 0 Å². The number of para-hydroxylation sites is 1. The van der Waals surface area contributed by atoms with E-state index >= 15 is 0 Å². The Morgan fingerprint density at radius 3 is 2.65 bits per heavy atom. The van der Waals surface area contributed by atoms with E-state index in [1.807, 2.05) is 36.4 Å². The predicted molar refractivity (Wildman–Crippen MR) is 122 cm³/mol. The lowest BCUT2D eigenvalue weighted by Gasteiger charge is -2.12. The van der Waals surface area contributed by atoms with Crippen LogP contribution in [0.15, 0.2) is 66.9 Å². The zero-order valence-corrected chi connectivity index (χ0v) is 17.0. The van der Waals surface area contributed by atoms with Crippen LogP contribution in [0.5, 0.6) is 5.75 Å². The Morgan fingerprint density at radius 1 is 1.06 bits per heavy atom. The van der Waals surface area contributed by atoms with Gasteiger partial charge in [-0.25, -0.2) is 4.98 Å². The summed E-state index contributed by atoms with van der Waals surface area (Å²) in [5.41, 5.74) is 3.25. The lowest BCUT2D eigenvalue weighted by molar-refractivity contribution is -0.120. The normalized spacial score (nSPS) is 10.8. The Bertz CT molecular complexity index is 1190. The van der Waals surface area contributed by atoms with Crippen molar-refractivity contribution in [2.24, 2.45) is 0 Å². The Kier molecular flexibility index (Phi) is 6.17. The molecule has 3 N–H and O–H groups in total. The molecule has 2 radical (unpaired) electrons. The predicted octanol–water partition coefficient (Wildman–Crippen LogP) is 2.06. The van der Waals surface area contributed by atoms with Crippen LogP contribution in [0.25, 0.3) is 16.9 Å². The minimum absolute atomic E-state index is 0.00348. The van der Waals surface area contributed by atoms with Crippen LogP contribution < -0.4 is 16.1 Å². The summed E-state index contributed by atoms with van der Waals surface area (Å²) in [7, 11) is 6.01. The van der Waals surface area contributed by atoms with Gasteiger partial charge in [0.05, 0.1) is 5.69 Å². The van der Waals surface area contributed by atoms with Gasteiger partial charge in [-0.2, -0.15) is 9.61 Å². The number of aryl methyl sites for hydroxylation is 1. The molecule has 0 bridgehead atoms. The number of amides is 1. The third-order valence-electron chi connectivity index (χ3n) is 4.92. The number of carbonyl (C=O) groups excluding carboxylic acids is 1. The minimum atomic E-state index is 0.00348. The molecule has 7 nitrogen and oxygen atoms in total. The molecule has 0 aliphatic heterocycles. The van der Waals surface area contributed by atoms with Gasteiger partial charge >= 0.3 is 0 Å². The number of phenols is 1. The third kappa shape index (κ3) is 4.86. The Balaban J connectivity index is 1.40. The molecular weight excluding hydrogens is 389 g/mol. The van der Waals surface area contributed by atoms with Crippen molar-refractivity contribution in [2.45, 2.75) is 12.8 Å². The minimum Gasteiger partial charge on any atom is -0.507 e. The number of anilines is 1. The fourth-order valence-corrected chi connectivity index (χ4v) is 3.32. The second-order valence-electron chi connectivity index (χ2n) is 7.14. The molecule has 0 atom stereocenters. The summed E-state index contributed by atoms with van der Waals surface area (Å²) in [6, 6.07) is 18.7. The van der Waals surface area contributed by atoms with Crippen LogP contribution in [-0.2, 0) is 11.2 Å². The van der Waals surface area contributed by atoms with Crippen LogP contribution in [0.3, 0.4) is 0 Å². The van der Waals surface area contributed by atoms with E-state index in [0.717, 1.165) is 5.56 Å². The van der Waals surface area contributed by atoms with Crippen LogP contribution in [-0.4, -0.2) is 46.5 Å². The number of nitrogens with zero attached hydrogens (tertiary/aromatic N) is 3. The first kappa shape index (κ1) is 20.5. The molecule has 0 saturated carbocycles. The monoisotopic (exact) mass is 411 g/mol. The zero-order chi connectivity index (χ0) is 21.6. The fourth-order valence-electron chi connectivity index (χ4n) is 3.32. The molecule has 0 aliphatic rings. The number of fused-ring (bicyclic) bond motifs is 1. The average Bonchev–Trinajstić information content (AvgIpc) is 3.17. The number of benzene rings is 2. The second-order valence-corrected chi connectivity index (χ2v) is 7.14. The average molecular weight is 411 g/mol. The summed E-state index contributed by atoms with van der Waals surface area (Å²) < 4.78 is 1.61. The SMILES string of the molecule is [B]c1cnn2c(NCCNC(=O)CCc3ccccc3)cc(-c3ccccc3O)nc12. The van der Waals surface area contributed by atoms with Gasteiger partial charge in [-0.1, -0.05) is 42.5 Å². The molecule has 0 saturated heterocycles. The van der Waals surface area contributed by atoms with Crippen molar-refractivity contribution in [3.8, 4) is 17.0 Å². The molecule has 4 rings (SSSR count). The van der Waals surface area contributed by atoms with Crippen molar-refractivity contribution in [3.05, 3.63) is 72.4 Å². The molecule has 0 unspecified atom stereocenters. The van der Waals surface area contributed by atoms with E-state index in [2.05, 4.69) is 20.7 Å². The van der Waals surface area contributed by atoms with Crippen LogP contribution in [0.2, 0.25) is 0 Å². The molecule has 2 heterocycles. The quantitative estimate of drug-likeness (QED) is 0.305. The number of aromatic nitrogens is 3. The van der Waals surface area contributed by atoms with Crippen molar-refractivity contribution >= 4 is 30.7 Å². The first-order valence-corrected chi connectivity index (χ1v) is 10.1. The molecule has 0 spiro atoms. The summed E-state index contributed by atoms with van der Waals surface area (Å²) >= 11 is 0. The number of hydrogen-bond acceptors (Lipinski definition) is 5. The van der Waals surface area contributed by atoms with Gasteiger partial charge in [0.2, 0.25) is 5.91 Å². The number of rotatable bonds is 8. The molecular formula is C23H22BN5O2. The van der Waals surface area contributed by atoms with Gasteiger partial charge in [-0.3, -0.25) is 4.79 Å². The van der Waals surface area contributed by atoms with E-state index in [9.17, 15) is 9.90 Å². The summed E-state index contributed by atoms with van der Waals surface area (Å²) in [5.74, 6) is 0.802. The van der Waals surface area contributed by atoms with E-state index in [1.54, 1.807) is 28.8 Å². The lowest BCUT2D eigenvalue weighted by atomic mass is 10.0. The maximum Gasteiger partial charge on any atom is 0.220 e. The first-order chi connectivity index (χ1) is 15.1. The largest absolute Gasteiger partial charge is 0.507 e.